The van der Waals surface area contributed by atoms with Gasteiger partial charge < -0.3 is 16.0 Å². The summed E-state index contributed by atoms with van der Waals surface area (Å²) in [5, 5.41) is 10.00. The van der Waals surface area contributed by atoms with Gasteiger partial charge >= 0.3 is 0 Å². The fraction of sp³-hybridized carbons (Fsp3) is 0.286. The predicted octanol–water partition coefficient (Wildman–Crippen LogP) is 5.85. The zero-order valence-electron chi connectivity index (χ0n) is 21.1. The highest BCUT2D eigenvalue weighted by Crippen LogP contribution is 2.30. The number of rotatable bonds is 10. The van der Waals surface area contributed by atoms with E-state index in [2.05, 4.69) is 52.4 Å². The molecule has 0 spiro atoms. The number of hydrogen-bond donors (Lipinski definition) is 3. The van der Waals surface area contributed by atoms with E-state index < -0.39 is 11.6 Å². The maximum atomic E-state index is 14.7. The first-order valence-corrected chi connectivity index (χ1v) is 12.1. The van der Waals surface area contributed by atoms with E-state index in [9.17, 15) is 8.78 Å². The second-order valence-corrected chi connectivity index (χ2v) is 8.94. The monoisotopic (exact) mass is 490 g/mol. The fourth-order valence-corrected chi connectivity index (χ4v) is 4.25. The van der Waals surface area contributed by atoms with E-state index in [1.165, 1.54) is 13.1 Å². The molecule has 4 aromatic rings. The zero-order chi connectivity index (χ0) is 25.8. The van der Waals surface area contributed by atoms with Gasteiger partial charge in [-0.05, 0) is 69.6 Å². The van der Waals surface area contributed by atoms with Crippen molar-refractivity contribution in [2.45, 2.75) is 39.7 Å². The number of benzene rings is 2. The zero-order valence-corrected chi connectivity index (χ0v) is 21.1. The van der Waals surface area contributed by atoms with Gasteiger partial charge in [-0.2, -0.15) is 0 Å². The molecule has 2 heterocycles. The first-order valence-electron chi connectivity index (χ1n) is 12.1. The first-order chi connectivity index (χ1) is 17.3. The van der Waals surface area contributed by atoms with E-state index in [4.69, 9.17) is 0 Å². The molecule has 188 valence electrons. The molecule has 3 N–H and O–H groups in total. The van der Waals surface area contributed by atoms with Crippen molar-refractivity contribution in [1.82, 2.24) is 25.0 Å². The van der Waals surface area contributed by atoms with Gasteiger partial charge in [0.25, 0.3) is 0 Å². The molecule has 6 nitrogen and oxygen atoms in total. The molecule has 2 aromatic heterocycles. The summed E-state index contributed by atoms with van der Waals surface area (Å²) >= 11 is 0. The number of hydrogen-bond acceptors (Lipinski definition) is 5. The van der Waals surface area contributed by atoms with Crippen LogP contribution in [0.2, 0.25) is 0 Å². The van der Waals surface area contributed by atoms with E-state index in [0.29, 0.717) is 23.2 Å². The van der Waals surface area contributed by atoms with Crippen molar-refractivity contribution in [3.05, 3.63) is 83.8 Å². The SMILES string of the molecule is C=C(NC(C)CCNC)c1ccc(Nc2nccn3c(-c4ccc(C)c(F)c4F)cnc23)cc1CC. The smallest absolute Gasteiger partial charge is 0.180 e. The van der Waals surface area contributed by atoms with Gasteiger partial charge in [0.1, 0.15) is 0 Å². The molecule has 0 amide bonds. The number of anilines is 2. The van der Waals surface area contributed by atoms with E-state index in [1.807, 2.05) is 19.2 Å². The molecule has 4 rings (SSSR count). The normalized spacial score (nSPS) is 12.1. The average Bonchev–Trinajstić information content (AvgIpc) is 3.31. The summed E-state index contributed by atoms with van der Waals surface area (Å²) in [5.41, 5.74) is 5.34. The van der Waals surface area contributed by atoms with Crippen molar-refractivity contribution in [3.8, 4) is 11.3 Å². The number of aryl methyl sites for hydroxylation is 2. The number of nitrogens with one attached hydrogen (secondary N) is 3. The predicted molar refractivity (Wildman–Crippen MR) is 142 cm³/mol. The molecular weight excluding hydrogens is 458 g/mol. The molecule has 0 saturated heterocycles. The van der Waals surface area contributed by atoms with Gasteiger partial charge in [0, 0.05) is 40.9 Å². The van der Waals surface area contributed by atoms with Crippen LogP contribution in [-0.2, 0) is 6.42 Å². The Labute approximate surface area is 210 Å². The van der Waals surface area contributed by atoms with Crippen LogP contribution in [0.5, 0.6) is 0 Å². The highest BCUT2D eigenvalue weighted by molar-refractivity contribution is 5.76. The highest BCUT2D eigenvalue weighted by Gasteiger charge is 2.18. The maximum Gasteiger partial charge on any atom is 0.180 e. The molecule has 1 unspecified atom stereocenters. The molecule has 0 aliphatic rings. The number of imidazole rings is 1. The minimum Gasteiger partial charge on any atom is -0.383 e. The number of aromatic nitrogens is 3. The van der Waals surface area contributed by atoms with Crippen LogP contribution in [0.15, 0.2) is 55.5 Å². The third-order valence-corrected chi connectivity index (χ3v) is 6.30. The van der Waals surface area contributed by atoms with Gasteiger partial charge in [-0.3, -0.25) is 4.40 Å². The van der Waals surface area contributed by atoms with Crippen LogP contribution < -0.4 is 16.0 Å². The third kappa shape index (κ3) is 5.09. The Morgan fingerprint density at radius 2 is 1.94 bits per heavy atom. The maximum absolute atomic E-state index is 14.7. The van der Waals surface area contributed by atoms with Gasteiger partial charge in [0.15, 0.2) is 23.1 Å². The summed E-state index contributed by atoms with van der Waals surface area (Å²) in [6.45, 7) is 11.0. The lowest BCUT2D eigenvalue weighted by atomic mass is 10.0. The summed E-state index contributed by atoms with van der Waals surface area (Å²) < 4.78 is 30.6. The Balaban J connectivity index is 1.61. The molecule has 0 radical (unpaired) electrons. The molecule has 0 fully saturated rings. The number of fused-ring (bicyclic) bond motifs is 1. The van der Waals surface area contributed by atoms with E-state index in [-0.39, 0.29) is 11.1 Å². The lowest BCUT2D eigenvalue weighted by Crippen LogP contribution is -2.28. The van der Waals surface area contributed by atoms with Crippen LogP contribution in [0.25, 0.3) is 22.6 Å². The molecule has 8 heteroatoms. The first kappa shape index (κ1) is 25.3. The van der Waals surface area contributed by atoms with Crippen molar-refractivity contribution < 1.29 is 8.78 Å². The Bertz CT molecular complexity index is 1390. The third-order valence-electron chi connectivity index (χ3n) is 6.30. The minimum absolute atomic E-state index is 0.148. The summed E-state index contributed by atoms with van der Waals surface area (Å²) in [4.78, 5) is 8.90. The quantitative estimate of drug-likeness (QED) is 0.260. The Kier molecular flexibility index (Phi) is 7.64. The molecule has 0 bridgehead atoms. The van der Waals surface area contributed by atoms with Crippen LogP contribution in [-0.4, -0.2) is 34.0 Å². The van der Waals surface area contributed by atoms with Crippen molar-refractivity contribution in [3.63, 3.8) is 0 Å². The molecule has 0 aliphatic heterocycles. The highest BCUT2D eigenvalue weighted by atomic mass is 19.2. The molecular formula is C28H32F2N6. The van der Waals surface area contributed by atoms with Crippen LogP contribution >= 0.6 is 0 Å². The summed E-state index contributed by atoms with van der Waals surface area (Å²) in [7, 11) is 1.95. The largest absolute Gasteiger partial charge is 0.383 e. The molecule has 0 saturated carbocycles. The lowest BCUT2D eigenvalue weighted by Gasteiger charge is -2.20. The Hall–Kier alpha value is -3.78. The summed E-state index contributed by atoms with van der Waals surface area (Å²) in [6.07, 6.45) is 6.65. The average molecular weight is 491 g/mol. The van der Waals surface area contributed by atoms with Crippen molar-refractivity contribution in [2.24, 2.45) is 0 Å². The Morgan fingerprint density at radius 1 is 1.14 bits per heavy atom. The minimum atomic E-state index is -0.889. The molecule has 1 atom stereocenters. The van der Waals surface area contributed by atoms with Crippen molar-refractivity contribution in [2.75, 3.05) is 18.9 Å². The van der Waals surface area contributed by atoms with E-state index >= 15 is 0 Å². The number of nitrogens with zero attached hydrogens (tertiary/aromatic N) is 3. The van der Waals surface area contributed by atoms with Gasteiger partial charge in [0.05, 0.1) is 11.9 Å². The summed E-state index contributed by atoms with van der Waals surface area (Å²) in [6, 6.07) is 9.52. The van der Waals surface area contributed by atoms with Gasteiger partial charge in [-0.1, -0.05) is 25.6 Å². The molecule has 2 aromatic carbocycles. The van der Waals surface area contributed by atoms with Crippen LogP contribution in [0.3, 0.4) is 0 Å². The van der Waals surface area contributed by atoms with Crippen molar-refractivity contribution in [1.29, 1.82) is 0 Å². The van der Waals surface area contributed by atoms with E-state index in [0.717, 1.165) is 41.9 Å². The van der Waals surface area contributed by atoms with Crippen LogP contribution in [0.1, 0.15) is 37.0 Å². The standard InChI is InChI=1S/C28H32F2N6/c1-6-20-15-21(8-10-22(20)19(4)34-18(3)11-12-31-5)35-27-28-33-16-24(36(28)14-13-32-27)23-9-7-17(2)25(29)26(23)30/h7-10,13-16,18,31,34H,4,6,11-12H2,1-3,5H3,(H,32,35). The van der Waals surface area contributed by atoms with Gasteiger partial charge in [-0.25, -0.2) is 18.7 Å². The van der Waals surface area contributed by atoms with Crippen molar-refractivity contribution >= 4 is 22.8 Å². The Morgan fingerprint density at radius 3 is 2.69 bits per heavy atom. The molecule has 0 aliphatic carbocycles. The summed E-state index contributed by atoms with van der Waals surface area (Å²) in [5.74, 6) is -1.22. The number of halogens is 2. The molecule has 36 heavy (non-hydrogen) atoms. The van der Waals surface area contributed by atoms with E-state index in [1.54, 1.807) is 28.9 Å². The van der Waals surface area contributed by atoms with Gasteiger partial charge in [-0.15, -0.1) is 0 Å². The second kappa shape index (κ2) is 10.9. The van der Waals surface area contributed by atoms with Crippen LogP contribution in [0.4, 0.5) is 20.3 Å². The lowest BCUT2D eigenvalue weighted by molar-refractivity contribution is 0.505. The topological polar surface area (TPSA) is 66.3 Å². The second-order valence-electron chi connectivity index (χ2n) is 8.94. The fourth-order valence-electron chi connectivity index (χ4n) is 4.25. The van der Waals surface area contributed by atoms with Crippen LogP contribution in [0, 0.1) is 18.6 Å². The van der Waals surface area contributed by atoms with Gasteiger partial charge in [0.2, 0.25) is 0 Å².